The molecule has 1 aromatic carbocycles. The van der Waals surface area contributed by atoms with E-state index >= 15 is 0 Å². The van der Waals surface area contributed by atoms with Crippen molar-refractivity contribution in [1.82, 2.24) is 4.98 Å². The fraction of sp³-hybridized carbons (Fsp3) is 0.333. The zero-order chi connectivity index (χ0) is 11.9. The van der Waals surface area contributed by atoms with Gasteiger partial charge in [0.15, 0.2) is 0 Å². The molecule has 1 heterocycles. The van der Waals surface area contributed by atoms with E-state index < -0.39 is 11.7 Å². The molecule has 0 saturated heterocycles. The van der Waals surface area contributed by atoms with Crippen molar-refractivity contribution in [3.8, 4) is 0 Å². The number of benzene rings is 1. The number of hydrogen-bond acceptors (Lipinski definition) is 0. The lowest BCUT2D eigenvalue weighted by Crippen LogP contribution is -2.03. The monoisotopic (exact) mass is 227 g/mol. The van der Waals surface area contributed by atoms with Crippen LogP contribution in [-0.4, -0.2) is 4.98 Å². The highest BCUT2D eigenvalue weighted by atomic mass is 19.4. The topological polar surface area (TPSA) is 15.8 Å². The van der Waals surface area contributed by atoms with Gasteiger partial charge in [-0.05, 0) is 29.5 Å². The van der Waals surface area contributed by atoms with Crippen molar-refractivity contribution in [2.45, 2.75) is 25.9 Å². The van der Waals surface area contributed by atoms with Crippen molar-refractivity contribution in [3.05, 3.63) is 35.5 Å². The zero-order valence-corrected chi connectivity index (χ0v) is 9.02. The Labute approximate surface area is 91.3 Å². The smallest absolute Gasteiger partial charge is 0.358 e. The molecule has 0 aliphatic carbocycles. The number of H-pyrrole nitrogens is 1. The Morgan fingerprint density at radius 1 is 1.12 bits per heavy atom. The van der Waals surface area contributed by atoms with Crippen LogP contribution in [0.4, 0.5) is 13.2 Å². The maximum Gasteiger partial charge on any atom is 0.416 e. The number of aromatic nitrogens is 1. The highest BCUT2D eigenvalue weighted by Crippen LogP contribution is 2.32. The Morgan fingerprint density at radius 2 is 1.81 bits per heavy atom. The molecule has 1 nitrogen and oxygen atoms in total. The van der Waals surface area contributed by atoms with Crippen molar-refractivity contribution in [3.63, 3.8) is 0 Å². The minimum absolute atomic E-state index is 0.279. The van der Waals surface area contributed by atoms with Crippen LogP contribution in [0.25, 0.3) is 10.9 Å². The van der Waals surface area contributed by atoms with Crippen LogP contribution < -0.4 is 0 Å². The normalized spacial score (nSPS) is 12.6. The van der Waals surface area contributed by atoms with E-state index in [1.165, 1.54) is 6.07 Å². The van der Waals surface area contributed by atoms with E-state index in [1.807, 2.05) is 19.9 Å². The van der Waals surface area contributed by atoms with E-state index in [1.54, 1.807) is 0 Å². The van der Waals surface area contributed by atoms with E-state index in [-0.39, 0.29) is 5.92 Å². The van der Waals surface area contributed by atoms with Crippen molar-refractivity contribution < 1.29 is 13.2 Å². The van der Waals surface area contributed by atoms with Gasteiger partial charge in [-0.2, -0.15) is 13.2 Å². The molecule has 0 amide bonds. The zero-order valence-electron chi connectivity index (χ0n) is 9.02. The standard InChI is InChI=1S/C12H12F3N/c1-7(2)10-5-8-3-4-9(12(13,14)15)6-11(8)16-10/h3-7,16H,1-2H3. The predicted molar refractivity (Wildman–Crippen MR) is 57.4 cm³/mol. The lowest BCUT2D eigenvalue weighted by Gasteiger charge is -2.05. The largest absolute Gasteiger partial charge is 0.416 e. The second kappa shape index (κ2) is 3.54. The third-order valence-corrected chi connectivity index (χ3v) is 2.59. The van der Waals surface area contributed by atoms with Gasteiger partial charge in [0.1, 0.15) is 0 Å². The molecular weight excluding hydrogens is 215 g/mol. The Bertz CT molecular complexity index is 508. The summed E-state index contributed by atoms with van der Waals surface area (Å²) < 4.78 is 37.4. The van der Waals surface area contributed by atoms with E-state index in [2.05, 4.69) is 4.98 Å². The number of aromatic amines is 1. The molecule has 4 heteroatoms. The lowest BCUT2D eigenvalue weighted by molar-refractivity contribution is -0.137. The SMILES string of the molecule is CC(C)c1cc2ccc(C(F)(F)F)cc2[nH]1. The summed E-state index contributed by atoms with van der Waals surface area (Å²) in [5.74, 6) is 0.279. The molecule has 0 saturated carbocycles. The van der Waals surface area contributed by atoms with E-state index in [9.17, 15) is 13.2 Å². The molecular formula is C12H12F3N. The molecule has 0 bridgehead atoms. The fourth-order valence-electron chi connectivity index (χ4n) is 1.64. The van der Waals surface area contributed by atoms with Gasteiger partial charge >= 0.3 is 6.18 Å². The van der Waals surface area contributed by atoms with Crippen LogP contribution in [0.3, 0.4) is 0 Å². The first-order valence-corrected chi connectivity index (χ1v) is 5.08. The highest BCUT2D eigenvalue weighted by molar-refractivity contribution is 5.81. The van der Waals surface area contributed by atoms with Gasteiger partial charge in [0.25, 0.3) is 0 Å². The molecule has 0 radical (unpaired) electrons. The number of rotatable bonds is 1. The van der Waals surface area contributed by atoms with Gasteiger partial charge in [0.05, 0.1) is 5.56 Å². The first-order chi connectivity index (χ1) is 7.38. The maximum absolute atomic E-state index is 12.5. The number of alkyl halides is 3. The van der Waals surface area contributed by atoms with E-state index in [0.717, 1.165) is 23.2 Å². The van der Waals surface area contributed by atoms with Crippen LogP contribution in [0.5, 0.6) is 0 Å². The molecule has 0 aliphatic heterocycles. The summed E-state index contributed by atoms with van der Waals surface area (Å²) in [5, 5.41) is 0.816. The molecule has 2 rings (SSSR count). The minimum Gasteiger partial charge on any atom is -0.358 e. The summed E-state index contributed by atoms with van der Waals surface area (Å²) in [5.41, 5.74) is 0.880. The molecule has 16 heavy (non-hydrogen) atoms. The lowest BCUT2D eigenvalue weighted by atomic mass is 10.1. The summed E-state index contributed by atoms with van der Waals surface area (Å²) in [6.07, 6.45) is -4.28. The van der Waals surface area contributed by atoms with Crippen molar-refractivity contribution in [2.24, 2.45) is 0 Å². The molecule has 2 aromatic rings. The third kappa shape index (κ3) is 1.92. The number of nitrogens with one attached hydrogen (secondary N) is 1. The van der Waals surface area contributed by atoms with Crippen LogP contribution in [-0.2, 0) is 6.18 Å². The first kappa shape index (κ1) is 11.0. The van der Waals surface area contributed by atoms with Crippen LogP contribution >= 0.6 is 0 Å². The fourth-order valence-corrected chi connectivity index (χ4v) is 1.64. The maximum atomic E-state index is 12.5. The van der Waals surface area contributed by atoms with Gasteiger partial charge in [-0.25, -0.2) is 0 Å². The number of hydrogen-bond donors (Lipinski definition) is 1. The second-order valence-corrected chi connectivity index (χ2v) is 4.18. The van der Waals surface area contributed by atoms with E-state index in [4.69, 9.17) is 0 Å². The van der Waals surface area contributed by atoms with Gasteiger partial charge in [-0.1, -0.05) is 19.9 Å². The van der Waals surface area contributed by atoms with Gasteiger partial charge in [0.2, 0.25) is 0 Å². The highest BCUT2D eigenvalue weighted by Gasteiger charge is 2.30. The molecule has 0 spiro atoms. The van der Waals surface area contributed by atoms with E-state index in [0.29, 0.717) is 5.52 Å². The Kier molecular flexibility index (Phi) is 2.45. The van der Waals surface area contributed by atoms with Crippen LogP contribution in [0.1, 0.15) is 31.0 Å². The molecule has 0 aliphatic rings. The van der Waals surface area contributed by atoms with Crippen LogP contribution in [0.15, 0.2) is 24.3 Å². The van der Waals surface area contributed by atoms with Crippen LogP contribution in [0, 0.1) is 0 Å². The Hall–Kier alpha value is -1.45. The Morgan fingerprint density at radius 3 is 2.38 bits per heavy atom. The summed E-state index contributed by atoms with van der Waals surface area (Å²) in [4.78, 5) is 3.01. The predicted octanol–water partition coefficient (Wildman–Crippen LogP) is 4.31. The summed E-state index contributed by atoms with van der Waals surface area (Å²) >= 11 is 0. The molecule has 0 fully saturated rings. The molecule has 86 valence electrons. The van der Waals surface area contributed by atoms with Gasteiger partial charge in [0, 0.05) is 11.2 Å². The average molecular weight is 227 g/mol. The molecule has 0 atom stereocenters. The van der Waals surface area contributed by atoms with Crippen molar-refractivity contribution in [1.29, 1.82) is 0 Å². The summed E-state index contributed by atoms with van der Waals surface area (Å²) in [7, 11) is 0. The number of halogens is 3. The van der Waals surface area contributed by atoms with Gasteiger partial charge in [-0.15, -0.1) is 0 Å². The summed E-state index contributed by atoms with van der Waals surface area (Å²) in [6.45, 7) is 3.99. The molecule has 0 unspecified atom stereocenters. The number of fused-ring (bicyclic) bond motifs is 1. The average Bonchev–Trinajstić information content (AvgIpc) is 2.58. The summed E-state index contributed by atoms with van der Waals surface area (Å²) in [6, 6.07) is 5.65. The third-order valence-electron chi connectivity index (χ3n) is 2.59. The van der Waals surface area contributed by atoms with Gasteiger partial charge in [-0.3, -0.25) is 0 Å². The quantitative estimate of drug-likeness (QED) is 0.747. The minimum atomic E-state index is -4.28. The first-order valence-electron chi connectivity index (χ1n) is 5.08. The molecule has 1 aromatic heterocycles. The molecule has 1 N–H and O–H groups in total. The van der Waals surface area contributed by atoms with Crippen molar-refractivity contribution >= 4 is 10.9 Å². The van der Waals surface area contributed by atoms with Gasteiger partial charge < -0.3 is 4.98 Å². The van der Waals surface area contributed by atoms with Crippen molar-refractivity contribution in [2.75, 3.05) is 0 Å². The second-order valence-electron chi connectivity index (χ2n) is 4.18. The Balaban J connectivity index is 2.54. The van der Waals surface area contributed by atoms with Crippen LogP contribution in [0.2, 0.25) is 0 Å².